The zero-order valence-electron chi connectivity index (χ0n) is 33.8. The van der Waals surface area contributed by atoms with Crippen molar-refractivity contribution in [2.75, 3.05) is 32.8 Å². The van der Waals surface area contributed by atoms with Gasteiger partial charge in [0.05, 0.1) is 37.1 Å². The van der Waals surface area contributed by atoms with E-state index in [4.69, 9.17) is 9.47 Å². The Balaban J connectivity index is 1.02. The molecule has 302 valence electrons. The minimum absolute atomic E-state index is 0.0504. The molecule has 2 spiro atoms. The summed E-state index contributed by atoms with van der Waals surface area (Å²) in [5, 5.41) is 35.7. The Morgan fingerprint density at radius 1 is 0.860 bits per heavy atom. The molecule has 1 heterocycles. The molecular formula is C50H61NO6. The number of fused-ring (bicyclic) bond motifs is 1. The average molecular weight is 772 g/mol. The SMILES string of the molecule is C[C@]12CC[C@H]3[C@]4(C=C[C@@]5(C=C4C(=O)c4ccc(-c6ccccc6)cc4)CC(O)CC[C@]35C)[C@@H]1CC[C@@]2(O)CN(C[C@@H](O)COCc1ccccc1)C[C@H]1CCCO1. The topological polar surface area (TPSA) is 99.5 Å². The summed E-state index contributed by atoms with van der Waals surface area (Å²) in [6, 6.07) is 28.4. The first kappa shape index (κ1) is 39.1. The highest BCUT2D eigenvalue weighted by Gasteiger charge is 2.74. The van der Waals surface area contributed by atoms with Crippen LogP contribution in [-0.4, -0.2) is 82.8 Å². The number of nitrogens with zero attached hydrogens (tertiary/aromatic N) is 1. The highest BCUT2D eigenvalue weighted by atomic mass is 16.5. The molecule has 10 atom stereocenters. The summed E-state index contributed by atoms with van der Waals surface area (Å²) < 4.78 is 12.1. The lowest BCUT2D eigenvalue weighted by Crippen LogP contribution is -2.67. The van der Waals surface area contributed by atoms with Crippen LogP contribution in [0, 0.1) is 33.5 Å². The molecule has 7 nitrogen and oxygen atoms in total. The molecule has 57 heavy (non-hydrogen) atoms. The van der Waals surface area contributed by atoms with Gasteiger partial charge in [-0.2, -0.15) is 0 Å². The van der Waals surface area contributed by atoms with Crippen molar-refractivity contribution in [2.45, 2.75) is 102 Å². The Labute approximate surface area is 338 Å². The predicted molar refractivity (Wildman–Crippen MR) is 222 cm³/mol. The number of hydrogen-bond acceptors (Lipinski definition) is 7. The van der Waals surface area contributed by atoms with Crippen LogP contribution in [0.25, 0.3) is 11.1 Å². The maximum atomic E-state index is 15.2. The van der Waals surface area contributed by atoms with Crippen LogP contribution < -0.4 is 0 Å². The van der Waals surface area contributed by atoms with Crippen molar-refractivity contribution in [3.05, 3.63) is 120 Å². The van der Waals surface area contributed by atoms with E-state index in [1.54, 1.807) is 0 Å². The summed E-state index contributed by atoms with van der Waals surface area (Å²) in [5.74, 6) is 0.347. The van der Waals surface area contributed by atoms with Crippen LogP contribution in [0.15, 0.2) is 109 Å². The van der Waals surface area contributed by atoms with Crippen molar-refractivity contribution in [2.24, 2.45) is 33.5 Å². The second kappa shape index (κ2) is 15.0. The van der Waals surface area contributed by atoms with Crippen LogP contribution in [-0.2, 0) is 16.1 Å². The standard InChI is InChI=1S/C50H61NO6/c1-46-22-19-39(52)28-48(46)25-26-50(42(29-48)45(54)38-17-15-37(16-18-38)36-12-7-4-8-13-36)43(46)20-23-47(2)44(50)21-24-49(47,55)34-51(31-41-14-9-27-57-41)30-40(53)33-56-32-35-10-5-3-6-11-35/h3-8,10-13,15-18,25-26,29,39-41,43-44,52-53,55H,9,14,19-24,27-28,30-34H2,1-2H3/t39?,40-,41-,43-,44-,46-,47+,48+,49-,50-/m1/s1. The van der Waals surface area contributed by atoms with Gasteiger partial charge in [-0.25, -0.2) is 0 Å². The summed E-state index contributed by atoms with van der Waals surface area (Å²) in [5.41, 5.74) is 2.31. The Hall–Kier alpha value is -3.43. The van der Waals surface area contributed by atoms with Gasteiger partial charge in [0, 0.05) is 53.6 Å². The molecule has 7 aliphatic rings. The number of allylic oxidation sites excluding steroid dienone is 4. The summed E-state index contributed by atoms with van der Waals surface area (Å²) in [4.78, 5) is 17.4. The third-order valence-electron chi connectivity index (χ3n) is 16.1. The number of ether oxygens (including phenoxy) is 2. The van der Waals surface area contributed by atoms with Gasteiger partial charge in [-0.05, 0) is 91.7 Å². The first-order valence-electron chi connectivity index (χ1n) is 21.7. The fraction of sp³-hybridized carbons (Fsp3) is 0.540. The first-order valence-corrected chi connectivity index (χ1v) is 21.7. The van der Waals surface area contributed by atoms with E-state index >= 15 is 4.79 Å². The highest BCUT2D eigenvalue weighted by Crippen LogP contribution is 2.78. The second-order valence-corrected chi connectivity index (χ2v) is 19.1. The van der Waals surface area contributed by atoms with Gasteiger partial charge < -0.3 is 24.8 Å². The number of benzene rings is 3. The van der Waals surface area contributed by atoms with E-state index in [0.29, 0.717) is 44.6 Å². The van der Waals surface area contributed by atoms with Crippen molar-refractivity contribution in [3.8, 4) is 11.1 Å². The molecular weight excluding hydrogens is 711 g/mol. The fourth-order valence-corrected chi connectivity index (χ4v) is 13.1. The minimum atomic E-state index is -1.03. The third-order valence-corrected chi connectivity index (χ3v) is 16.1. The van der Waals surface area contributed by atoms with Crippen molar-refractivity contribution in [1.29, 1.82) is 0 Å². The Kier molecular flexibility index (Phi) is 10.3. The van der Waals surface area contributed by atoms with Crippen LogP contribution >= 0.6 is 0 Å². The maximum Gasteiger partial charge on any atom is 0.189 e. The van der Waals surface area contributed by atoms with Gasteiger partial charge in [0.2, 0.25) is 0 Å². The molecule has 1 aliphatic heterocycles. The minimum Gasteiger partial charge on any atom is -0.393 e. The number of ketones is 1. The van der Waals surface area contributed by atoms with Crippen LogP contribution in [0.1, 0.15) is 87.6 Å². The number of hydrogen-bond donors (Lipinski definition) is 3. The zero-order chi connectivity index (χ0) is 39.5. The largest absolute Gasteiger partial charge is 0.393 e. The van der Waals surface area contributed by atoms with Crippen molar-refractivity contribution < 1.29 is 29.6 Å². The molecule has 4 fully saturated rings. The Bertz CT molecular complexity index is 1980. The quantitative estimate of drug-likeness (QED) is 0.119. The van der Waals surface area contributed by atoms with Gasteiger partial charge in [0.1, 0.15) is 0 Å². The number of carbonyl (C=O) groups excluding carboxylic acids is 1. The van der Waals surface area contributed by atoms with Crippen molar-refractivity contribution in [3.63, 3.8) is 0 Å². The fourth-order valence-electron chi connectivity index (χ4n) is 13.1. The molecule has 1 unspecified atom stereocenters. The van der Waals surface area contributed by atoms with Gasteiger partial charge in [-0.15, -0.1) is 0 Å². The predicted octanol–water partition coefficient (Wildman–Crippen LogP) is 8.19. The molecule has 1 saturated heterocycles. The molecule has 3 aromatic carbocycles. The lowest BCUT2D eigenvalue weighted by molar-refractivity contribution is -0.177. The summed E-state index contributed by atoms with van der Waals surface area (Å²) in [6.45, 7) is 7.60. The molecule has 3 aromatic rings. The molecule has 3 N–H and O–H groups in total. The maximum absolute atomic E-state index is 15.2. The lowest BCUT2D eigenvalue weighted by Gasteiger charge is -2.71. The van der Waals surface area contributed by atoms with Crippen molar-refractivity contribution >= 4 is 5.78 Å². The van der Waals surface area contributed by atoms with Crippen LogP contribution in [0.5, 0.6) is 0 Å². The Morgan fingerprint density at radius 2 is 1.54 bits per heavy atom. The monoisotopic (exact) mass is 771 g/mol. The first-order chi connectivity index (χ1) is 27.5. The molecule has 0 amide bonds. The molecule has 0 radical (unpaired) electrons. The summed E-state index contributed by atoms with van der Waals surface area (Å²) in [6.07, 6.45) is 13.6. The zero-order valence-corrected chi connectivity index (χ0v) is 33.8. The molecule has 0 aromatic heterocycles. The van der Waals surface area contributed by atoms with Gasteiger partial charge >= 0.3 is 0 Å². The van der Waals surface area contributed by atoms with E-state index in [1.165, 1.54) is 0 Å². The molecule has 10 rings (SSSR count). The van der Waals surface area contributed by atoms with Crippen LogP contribution in [0.4, 0.5) is 0 Å². The van der Waals surface area contributed by atoms with Crippen LogP contribution in [0.3, 0.4) is 0 Å². The van der Waals surface area contributed by atoms with E-state index in [-0.39, 0.29) is 41.2 Å². The van der Waals surface area contributed by atoms with E-state index in [9.17, 15) is 15.3 Å². The van der Waals surface area contributed by atoms with E-state index in [2.05, 4.69) is 61.2 Å². The van der Waals surface area contributed by atoms with Gasteiger partial charge in [-0.3, -0.25) is 9.69 Å². The Morgan fingerprint density at radius 3 is 2.28 bits per heavy atom. The molecule has 3 saturated carbocycles. The number of aliphatic hydroxyl groups is 3. The summed E-state index contributed by atoms with van der Waals surface area (Å²) in [7, 11) is 0. The van der Waals surface area contributed by atoms with Gasteiger partial charge in [0.25, 0.3) is 0 Å². The lowest BCUT2D eigenvalue weighted by atomic mass is 9.32. The normalized spacial score (nSPS) is 37.1. The van der Waals surface area contributed by atoms with E-state index < -0.39 is 28.6 Å². The molecule has 7 heteroatoms. The van der Waals surface area contributed by atoms with E-state index in [0.717, 1.165) is 73.8 Å². The van der Waals surface area contributed by atoms with Crippen LogP contribution in [0.2, 0.25) is 0 Å². The number of rotatable bonds is 13. The van der Waals surface area contributed by atoms with Gasteiger partial charge in [0.15, 0.2) is 5.78 Å². The van der Waals surface area contributed by atoms with Gasteiger partial charge in [-0.1, -0.05) is 117 Å². The second-order valence-electron chi connectivity index (χ2n) is 19.1. The molecule has 6 aliphatic carbocycles. The van der Waals surface area contributed by atoms with Crippen molar-refractivity contribution in [1.82, 2.24) is 4.90 Å². The average Bonchev–Trinajstić information content (AvgIpc) is 3.83. The number of Topliss-reactive ketones (excluding diaryl/α,β-unsaturated/α-hetero) is 1. The number of aliphatic hydroxyl groups excluding tert-OH is 2. The number of carbonyl (C=O) groups is 1. The molecule has 2 bridgehead atoms. The summed E-state index contributed by atoms with van der Waals surface area (Å²) >= 11 is 0. The smallest absolute Gasteiger partial charge is 0.189 e. The third kappa shape index (κ3) is 6.52. The van der Waals surface area contributed by atoms with E-state index in [1.807, 2.05) is 60.7 Å². The highest BCUT2D eigenvalue weighted by molar-refractivity contribution is 6.10.